The predicted molar refractivity (Wildman–Crippen MR) is 84.3 cm³/mol. The Morgan fingerprint density at radius 1 is 1.29 bits per heavy atom. The molecule has 0 fully saturated rings. The summed E-state index contributed by atoms with van der Waals surface area (Å²) in [6.07, 6.45) is 1.59. The second kappa shape index (κ2) is 6.73. The Bertz CT molecular complexity index is 709. The van der Waals surface area contributed by atoms with Crippen LogP contribution in [0.15, 0.2) is 42.0 Å². The van der Waals surface area contributed by atoms with Gasteiger partial charge in [0.2, 0.25) is 0 Å². The summed E-state index contributed by atoms with van der Waals surface area (Å²) in [5, 5.41) is 11.8. The lowest BCUT2D eigenvalue weighted by Gasteiger charge is -2.05. The maximum absolute atomic E-state index is 12.1. The summed E-state index contributed by atoms with van der Waals surface area (Å²) in [6, 6.07) is 12.7. The minimum atomic E-state index is -0.422. The number of thiophene rings is 1. The molecule has 0 saturated heterocycles. The first-order valence-electron chi connectivity index (χ1n) is 6.26. The van der Waals surface area contributed by atoms with E-state index >= 15 is 0 Å². The Morgan fingerprint density at radius 3 is 2.52 bits per heavy atom. The van der Waals surface area contributed by atoms with Crippen LogP contribution in [-0.2, 0) is 4.79 Å². The summed E-state index contributed by atoms with van der Waals surface area (Å²) < 4.78 is 5.05. The number of nitrogens with one attached hydrogen (secondary N) is 1. The van der Waals surface area contributed by atoms with Crippen molar-refractivity contribution in [3.8, 4) is 11.8 Å². The van der Waals surface area contributed by atoms with Crippen LogP contribution in [0, 0.1) is 18.3 Å². The predicted octanol–water partition coefficient (Wildman–Crippen LogP) is 3.61. The molecule has 1 heterocycles. The SMILES string of the molecule is COc1ccc(NC(=O)C(C#N)=Cc2ccc(C)s2)cc1. The Hall–Kier alpha value is -2.58. The second-order valence-electron chi connectivity index (χ2n) is 4.30. The molecule has 1 aromatic carbocycles. The van der Waals surface area contributed by atoms with Gasteiger partial charge in [-0.25, -0.2) is 0 Å². The number of carbonyl (C=O) groups is 1. The van der Waals surface area contributed by atoms with E-state index in [9.17, 15) is 4.79 Å². The van der Waals surface area contributed by atoms with Crippen molar-refractivity contribution in [2.75, 3.05) is 12.4 Å². The number of nitriles is 1. The van der Waals surface area contributed by atoms with Gasteiger partial charge in [-0.05, 0) is 49.4 Å². The van der Waals surface area contributed by atoms with Gasteiger partial charge < -0.3 is 10.1 Å². The summed E-state index contributed by atoms with van der Waals surface area (Å²) >= 11 is 1.54. The number of ether oxygens (including phenoxy) is 1. The second-order valence-corrected chi connectivity index (χ2v) is 5.62. The van der Waals surface area contributed by atoms with Crippen LogP contribution in [0.4, 0.5) is 5.69 Å². The molecule has 21 heavy (non-hydrogen) atoms. The van der Waals surface area contributed by atoms with Crippen LogP contribution in [0.5, 0.6) is 5.75 Å². The highest BCUT2D eigenvalue weighted by Crippen LogP contribution is 2.19. The lowest BCUT2D eigenvalue weighted by Crippen LogP contribution is -2.13. The topological polar surface area (TPSA) is 62.1 Å². The summed E-state index contributed by atoms with van der Waals surface area (Å²) in [7, 11) is 1.58. The molecule has 0 unspecified atom stereocenters. The van der Waals surface area contributed by atoms with Gasteiger partial charge in [0.05, 0.1) is 7.11 Å². The molecule has 4 nitrogen and oxygen atoms in total. The molecule has 1 amide bonds. The van der Waals surface area contributed by atoms with Crippen molar-refractivity contribution in [1.29, 1.82) is 5.26 Å². The molecule has 0 radical (unpaired) electrons. The number of amides is 1. The number of nitrogens with zero attached hydrogens (tertiary/aromatic N) is 1. The van der Waals surface area contributed by atoms with Gasteiger partial charge in [0, 0.05) is 15.4 Å². The average molecular weight is 298 g/mol. The van der Waals surface area contributed by atoms with Gasteiger partial charge in [0.25, 0.3) is 5.91 Å². The lowest BCUT2D eigenvalue weighted by molar-refractivity contribution is -0.112. The number of benzene rings is 1. The van der Waals surface area contributed by atoms with E-state index in [0.29, 0.717) is 11.4 Å². The van der Waals surface area contributed by atoms with Gasteiger partial charge in [0.1, 0.15) is 17.4 Å². The molecule has 0 spiro atoms. The van der Waals surface area contributed by atoms with Gasteiger partial charge in [-0.2, -0.15) is 5.26 Å². The molecule has 0 atom stereocenters. The van der Waals surface area contributed by atoms with Crippen molar-refractivity contribution in [3.05, 3.63) is 51.7 Å². The normalized spacial score (nSPS) is 10.8. The molecule has 0 aliphatic carbocycles. The third kappa shape index (κ3) is 3.94. The monoisotopic (exact) mass is 298 g/mol. The first-order chi connectivity index (χ1) is 10.1. The Kier molecular flexibility index (Phi) is 4.75. The maximum atomic E-state index is 12.1. The molecule has 106 valence electrons. The van der Waals surface area contributed by atoms with E-state index in [1.54, 1.807) is 37.5 Å². The summed E-state index contributed by atoms with van der Waals surface area (Å²) in [6.45, 7) is 1.98. The highest BCUT2D eigenvalue weighted by atomic mass is 32.1. The van der Waals surface area contributed by atoms with E-state index < -0.39 is 5.91 Å². The maximum Gasteiger partial charge on any atom is 0.266 e. The van der Waals surface area contributed by atoms with Gasteiger partial charge >= 0.3 is 0 Å². The molecule has 0 aliphatic rings. The fourth-order valence-electron chi connectivity index (χ4n) is 1.69. The number of anilines is 1. The van der Waals surface area contributed by atoms with Crippen molar-refractivity contribution < 1.29 is 9.53 Å². The van der Waals surface area contributed by atoms with E-state index in [0.717, 1.165) is 9.75 Å². The number of hydrogen-bond donors (Lipinski definition) is 1. The molecule has 0 saturated carbocycles. The van der Waals surface area contributed by atoms with Crippen molar-refractivity contribution in [2.45, 2.75) is 6.92 Å². The molecular formula is C16H14N2O2S. The number of aryl methyl sites for hydroxylation is 1. The Morgan fingerprint density at radius 2 is 2.00 bits per heavy atom. The fourth-order valence-corrected chi connectivity index (χ4v) is 2.52. The quantitative estimate of drug-likeness (QED) is 0.693. The highest BCUT2D eigenvalue weighted by molar-refractivity contribution is 7.12. The molecular weight excluding hydrogens is 284 g/mol. The van der Waals surface area contributed by atoms with Crippen molar-refractivity contribution in [3.63, 3.8) is 0 Å². The zero-order valence-electron chi connectivity index (χ0n) is 11.7. The molecule has 1 aromatic heterocycles. The molecule has 2 aromatic rings. The van der Waals surface area contributed by atoms with E-state index in [1.807, 2.05) is 25.1 Å². The molecule has 0 bridgehead atoms. The number of methoxy groups -OCH3 is 1. The van der Waals surface area contributed by atoms with E-state index in [4.69, 9.17) is 10.00 Å². The minimum absolute atomic E-state index is 0.0765. The van der Waals surface area contributed by atoms with Crippen molar-refractivity contribution >= 4 is 29.0 Å². The van der Waals surface area contributed by atoms with Crippen LogP contribution in [0.2, 0.25) is 0 Å². The van der Waals surface area contributed by atoms with Crippen molar-refractivity contribution in [1.82, 2.24) is 0 Å². The minimum Gasteiger partial charge on any atom is -0.497 e. The third-order valence-corrected chi connectivity index (χ3v) is 3.71. The highest BCUT2D eigenvalue weighted by Gasteiger charge is 2.10. The molecule has 2 rings (SSSR count). The Balaban J connectivity index is 2.13. The number of hydrogen-bond acceptors (Lipinski definition) is 4. The third-order valence-electron chi connectivity index (χ3n) is 2.76. The van der Waals surface area contributed by atoms with Crippen LogP contribution in [0.1, 0.15) is 9.75 Å². The van der Waals surface area contributed by atoms with E-state index in [-0.39, 0.29) is 5.57 Å². The van der Waals surface area contributed by atoms with Crippen LogP contribution in [-0.4, -0.2) is 13.0 Å². The first-order valence-corrected chi connectivity index (χ1v) is 7.07. The zero-order valence-corrected chi connectivity index (χ0v) is 12.5. The van der Waals surface area contributed by atoms with Gasteiger partial charge in [0.15, 0.2) is 0 Å². The zero-order chi connectivity index (χ0) is 15.2. The van der Waals surface area contributed by atoms with Gasteiger partial charge in [-0.3, -0.25) is 4.79 Å². The van der Waals surface area contributed by atoms with Gasteiger partial charge in [-0.15, -0.1) is 11.3 Å². The smallest absolute Gasteiger partial charge is 0.266 e. The van der Waals surface area contributed by atoms with E-state index in [2.05, 4.69) is 5.32 Å². The van der Waals surface area contributed by atoms with Gasteiger partial charge in [-0.1, -0.05) is 0 Å². The number of carbonyl (C=O) groups excluding carboxylic acids is 1. The first kappa shape index (κ1) is 14.8. The molecule has 5 heteroatoms. The largest absolute Gasteiger partial charge is 0.497 e. The number of rotatable bonds is 4. The summed E-state index contributed by atoms with van der Waals surface area (Å²) in [5.41, 5.74) is 0.692. The van der Waals surface area contributed by atoms with Crippen LogP contribution in [0.3, 0.4) is 0 Å². The molecule has 1 N–H and O–H groups in total. The molecule has 0 aliphatic heterocycles. The summed E-state index contributed by atoms with van der Waals surface area (Å²) in [5.74, 6) is 0.284. The van der Waals surface area contributed by atoms with Crippen molar-refractivity contribution in [2.24, 2.45) is 0 Å². The van der Waals surface area contributed by atoms with Crippen LogP contribution < -0.4 is 10.1 Å². The van der Waals surface area contributed by atoms with E-state index in [1.165, 1.54) is 11.3 Å². The Labute approximate surface area is 127 Å². The van der Waals surface area contributed by atoms with Crippen LogP contribution >= 0.6 is 11.3 Å². The standard InChI is InChI=1S/C16H14N2O2S/c1-11-3-8-15(21-11)9-12(10-17)16(19)18-13-4-6-14(20-2)7-5-13/h3-9H,1-2H3,(H,18,19). The van der Waals surface area contributed by atoms with Crippen LogP contribution in [0.25, 0.3) is 6.08 Å². The average Bonchev–Trinajstić information content (AvgIpc) is 2.90. The fraction of sp³-hybridized carbons (Fsp3) is 0.125. The summed E-state index contributed by atoms with van der Waals surface area (Å²) in [4.78, 5) is 14.1. The lowest BCUT2D eigenvalue weighted by atomic mass is 10.2.